The Kier molecular flexibility index (Phi) is 8.11. The summed E-state index contributed by atoms with van der Waals surface area (Å²) in [6.07, 6.45) is 1.55. The molecule has 1 N–H and O–H groups in total. The van der Waals surface area contributed by atoms with E-state index in [9.17, 15) is 14.7 Å². The highest BCUT2D eigenvalue weighted by Crippen LogP contribution is 2.40. The molecule has 0 radical (unpaired) electrons. The van der Waals surface area contributed by atoms with E-state index in [2.05, 4.69) is 0 Å². The van der Waals surface area contributed by atoms with E-state index >= 15 is 0 Å². The van der Waals surface area contributed by atoms with Gasteiger partial charge in [0, 0.05) is 12.1 Å². The van der Waals surface area contributed by atoms with Gasteiger partial charge < -0.3 is 24.4 Å². The highest BCUT2D eigenvalue weighted by atomic mass is 16.5. The molecule has 0 bridgehead atoms. The molecule has 7 nitrogen and oxygen atoms in total. The molecule has 3 rings (SSSR count). The summed E-state index contributed by atoms with van der Waals surface area (Å²) >= 11 is 0. The van der Waals surface area contributed by atoms with Gasteiger partial charge in [0.25, 0.3) is 11.7 Å². The number of methoxy groups -OCH3 is 1. The van der Waals surface area contributed by atoms with Gasteiger partial charge in [-0.1, -0.05) is 31.2 Å². The minimum atomic E-state index is -0.682. The van der Waals surface area contributed by atoms with E-state index in [1.165, 1.54) is 0 Å². The predicted molar refractivity (Wildman–Crippen MR) is 127 cm³/mol. The smallest absolute Gasteiger partial charge is 0.295 e. The summed E-state index contributed by atoms with van der Waals surface area (Å²) in [5.41, 5.74) is 1.26. The minimum absolute atomic E-state index is 0.0858. The summed E-state index contributed by atoms with van der Waals surface area (Å²) in [5.74, 6) is -0.218. The van der Waals surface area contributed by atoms with E-state index < -0.39 is 17.7 Å². The quantitative estimate of drug-likeness (QED) is 0.335. The van der Waals surface area contributed by atoms with Crippen LogP contribution in [0.5, 0.6) is 11.5 Å². The van der Waals surface area contributed by atoms with Crippen LogP contribution >= 0.6 is 0 Å². The Morgan fingerprint density at radius 2 is 1.82 bits per heavy atom. The maximum Gasteiger partial charge on any atom is 0.295 e. The van der Waals surface area contributed by atoms with Crippen molar-refractivity contribution in [3.8, 4) is 11.5 Å². The van der Waals surface area contributed by atoms with E-state index in [0.29, 0.717) is 36.6 Å². The van der Waals surface area contributed by atoms with Gasteiger partial charge in [0.1, 0.15) is 17.3 Å². The predicted octanol–water partition coefficient (Wildman–Crippen LogP) is 3.86. The molecular weight excluding hydrogens is 420 g/mol. The van der Waals surface area contributed by atoms with Crippen LogP contribution in [0.4, 0.5) is 0 Å². The summed E-state index contributed by atoms with van der Waals surface area (Å²) in [6.45, 7) is 3.73. The number of amides is 1. The lowest BCUT2D eigenvalue weighted by Crippen LogP contribution is -2.32. The van der Waals surface area contributed by atoms with Crippen molar-refractivity contribution in [1.82, 2.24) is 9.80 Å². The van der Waals surface area contributed by atoms with Gasteiger partial charge in [-0.2, -0.15) is 0 Å². The first-order valence-electron chi connectivity index (χ1n) is 11.2. The van der Waals surface area contributed by atoms with Crippen molar-refractivity contribution >= 4 is 17.4 Å². The first-order valence-corrected chi connectivity index (χ1v) is 11.2. The molecule has 33 heavy (non-hydrogen) atoms. The zero-order valence-electron chi connectivity index (χ0n) is 19.7. The summed E-state index contributed by atoms with van der Waals surface area (Å²) in [4.78, 5) is 29.7. The Bertz CT molecular complexity index is 1010. The molecule has 1 heterocycles. The monoisotopic (exact) mass is 452 g/mol. The first-order chi connectivity index (χ1) is 15.9. The average molecular weight is 453 g/mol. The van der Waals surface area contributed by atoms with E-state index in [4.69, 9.17) is 9.47 Å². The molecule has 0 spiro atoms. The molecule has 1 aliphatic heterocycles. The molecule has 1 fully saturated rings. The Morgan fingerprint density at radius 1 is 1.09 bits per heavy atom. The maximum atomic E-state index is 13.1. The summed E-state index contributed by atoms with van der Waals surface area (Å²) in [5, 5.41) is 11.2. The van der Waals surface area contributed by atoms with Crippen molar-refractivity contribution in [2.75, 3.05) is 40.9 Å². The highest BCUT2D eigenvalue weighted by molar-refractivity contribution is 6.46. The summed E-state index contributed by atoms with van der Waals surface area (Å²) in [7, 11) is 5.50. The van der Waals surface area contributed by atoms with Crippen LogP contribution in [0, 0.1) is 0 Å². The molecule has 0 aromatic heterocycles. The number of Topliss-reactive ketones (excluding diaryl/α,β-unsaturated/α-hetero) is 1. The van der Waals surface area contributed by atoms with Gasteiger partial charge >= 0.3 is 0 Å². The number of carbonyl (C=O) groups is 2. The Morgan fingerprint density at radius 3 is 2.45 bits per heavy atom. The van der Waals surface area contributed by atoms with Crippen LogP contribution in [0.1, 0.15) is 36.9 Å². The number of hydrogen-bond acceptors (Lipinski definition) is 6. The summed E-state index contributed by atoms with van der Waals surface area (Å²) in [6, 6.07) is 13.5. The third kappa shape index (κ3) is 5.54. The number of ether oxygens (including phenoxy) is 2. The van der Waals surface area contributed by atoms with Gasteiger partial charge in [0.05, 0.1) is 25.3 Å². The van der Waals surface area contributed by atoms with E-state index in [1.807, 2.05) is 38.1 Å². The fraction of sp³-hybridized carbons (Fsp3) is 0.385. The number of carbonyl (C=O) groups excluding carboxylic acids is 2. The number of likely N-dealkylation sites (tertiary alicyclic amines) is 1. The van der Waals surface area contributed by atoms with Crippen molar-refractivity contribution in [1.29, 1.82) is 0 Å². The topological polar surface area (TPSA) is 79.3 Å². The first kappa shape index (κ1) is 24.3. The normalized spacial score (nSPS) is 17.6. The molecule has 1 atom stereocenters. The number of benzene rings is 2. The zero-order valence-corrected chi connectivity index (χ0v) is 19.7. The van der Waals surface area contributed by atoms with Gasteiger partial charge in [-0.15, -0.1) is 0 Å². The van der Waals surface area contributed by atoms with Crippen LogP contribution in [-0.4, -0.2) is 67.5 Å². The van der Waals surface area contributed by atoms with E-state index in [-0.39, 0.29) is 11.3 Å². The van der Waals surface area contributed by atoms with E-state index in [1.54, 1.807) is 48.4 Å². The molecule has 1 aliphatic rings. The van der Waals surface area contributed by atoms with Gasteiger partial charge in [-0.3, -0.25) is 9.59 Å². The SMILES string of the molecule is CCCOc1cccc(/C(O)=C2\C(=O)C(=O)N(CCCN(C)C)C2c2ccc(OC)cc2)c1. The number of hydrogen-bond donors (Lipinski definition) is 1. The lowest BCUT2D eigenvalue weighted by Gasteiger charge is -2.26. The number of nitrogens with zero attached hydrogens (tertiary/aromatic N) is 2. The Hall–Kier alpha value is -3.32. The Labute approximate surface area is 195 Å². The van der Waals surface area contributed by atoms with Crippen molar-refractivity contribution in [2.24, 2.45) is 0 Å². The lowest BCUT2D eigenvalue weighted by atomic mass is 9.95. The summed E-state index contributed by atoms with van der Waals surface area (Å²) < 4.78 is 10.9. The second-order valence-electron chi connectivity index (χ2n) is 8.30. The second kappa shape index (κ2) is 11.0. The number of rotatable bonds is 10. The fourth-order valence-corrected chi connectivity index (χ4v) is 3.91. The molecule has 2 aromatic rings. The van der Waals surface area contributed by atoms with E-state index in [0.717, 1.165) is 18.5 Å². The second-order valence-corrected chi connectivity index (χ2v) is 8.30. The zero-order chi connectivity index (χ0) is 24.0. The highest BCUT2D eigenvalue weighted by Gasteiger charge is 2.45. The Balaban J connectivity index is 2.06. The standard InChI is InChI=1S/C26H32N2O5/c1-5-16-33-21-9-6-8-19(17-21)24(29)22-23(18-10-12-20(32-4)13-11-18)28(26(31)25(22)30)15-7-14-27(2)3/h6,8-13,17,23,29H,5,7,14-16H2,1-4H3/b24-22+. The molecule has 1 saturated heterocycles. The largest absolute Gasteiger partial charge is 0.507 e. The van der Waals surface area contributed by atoms with Crippen molar-refractivity contribution in [3.05, 3.63) is 65.2 Å². The molecule has 0 aliphatic carbocycles. The van der Waals surface area contributed by atoms with Crippen LogP contribution in [-0.2, 0) is 9.59 Å². The fourth-order valence-electron chi connectivity index (χ4n) is 3.91. The molecule has 2 aromatic carbocycles. The third-order valence-electron chi connectivity index (χ3n) is 5.56. The van der Waals surface area contributed by atoms with Crippen molar-refractivity contribution in [2.45, 2.75) is 25.8 Å². The molecule has 1 amide bonds. The van der Waals surface area contributed by atoms with Gasteiger partial charge in [0.15, 0.2) is 0 Å². The maximum absolute atomic E-state index is 13.1. The minimum Gasteiger partial charge on any atom is -0.507 e. The lowest BCUT2D eigenvalue weighted by molar-refractivity contribution is -0.139. The van der Waals surface area contributed by atoms with Crippen LogP contribution in [0.2, 0.25) is 0 Å². The molecule has 176 valence electrons. The molecule has 0 saturated carbocycles. The third-order valence-corrected chi connectivity index (χ3v) is 5.56. The average Bonchev–Trinajstić information content (AvgIpc) is 3.07. The van der Waals surface area contributed by atoms with Crippen molar-refractivity contribution in [3.63, 3.8) is 0 Å². The van der Waals surface area contributed by atoms with Crippen molar-refractivity contribution < 1.29 is 24.2 Å². The van der Waals surface area contributed by atoms with Crippen LogP contribution in [0.15, 0.2) is 54.1 Å². The number of aliphatic hydroxyl groups excluding tert-OH is 1. The van der Waals surface area contributed by atoms with Gasteiger partial charge in [-0.05, 0) is 63.3 Å². The molecule has 1 unspecified atom stereocenters. The molecular formula is C26H32N2O5. The number of aliphatic hydroxyl groups is 1. The molecule has 7 heteroatoms. The van der Waals surface area contributed by atoms with Gasteiger partial charge in [-0.25, -0.2) is 0 Å². The van der Waals surface area contributed by atoms with Crippen LogP contribution in [0.25, 0.3) is 5.76 Å². The van der Waals surface area contributed by atoms with Crippen LogP contribution < -0.4 is 9.47 Å². The van der Waals surface area contributed by atoms with Gasteiger partial charge in [0.2, 0.25) is 0 Å². The van der Waals surface area contributed by atoms with Crippen LogP contribution in [0.3, 0.4) is 0 Å². The number of ketones is 1.